The highest BCUT2D eigenvalue weighted by molar-refractivity contribution is 7.81. The van der Waals surface area contributed by atoms with Crippen molar-refractivity contribution in [3.63, 3.8) is 0 Å². The molecule has 4 nitrogen and oxygen atoms in total. The number of hydrogen-bond donors (Lipinski definition) is 2. The van der Waals surface area contributed by atoms with Crippen LogP contribution in [0, 0.1) is 0 Å². The van der Waals surface area contributed by atoms with Crippen LogP contribution >= 0.6 is 25.3 Å². The summed E-state index contributed by atoms with van der Waals surface area (Å²) in [7, 11) is 0. The van der Waals surface area contributed by atoms with Crippen LogP contribution < -0.4 is 0 Å². The summed E-state index contributed by atoms with van der Waals surface area (Å²) in [6.45, 7) is 5.18. The van der Waals surface area contributed by atoms with Crippen molar-refractivity contribution in [1.29, 1.82) is 0 Å². The zero-order chi connectivity index (χ0) is 14.2. The van der Waals surface area contributed by atoms with Crippen LogP contribution in [0.1, 0.15) is 39.5 Å². The topological polar surface area (TPSA) is 52.6 Å². The van der Waals surface area contributed by atoms with Gasteiger partial charge in [0.1, 0.15) is 0 Å². The van der Waals surface area contributed by atoms with E-state index in [1.165, 1.54) is 0 Å². The van der Waals surface area contributed by atoms with E-state index < -0.39 is 0 Å². The largest absolute Gasteiger partial charge is 0.465 e. The van der Waals surface area contributed by atoms with Gasteiger partial charge < -0.3 is 9.47 Å². The van der Waals surface area contributed by atoms with Crippen LogP contribution in [0.4, 0.5) is 0 Å². The second-order valence-corrected chi connectivity index (χ2v) is 4.10. The summed E-state index contributed by atoms with van der Waals surface area (Å²) in [5, 5.41) is 0. The lowest BCUT2D eigenvalue weighted by atomic mass is 10.4. The lowest BCUT2D eigenvalue weighted by Crippen LogP contribution is -2.06. The lowest BCUT2D eigenvalue weighted by Gasteiger charge is -1.98. The van der Waals surface area contributed by atoms with Crippen LogP contribution in [0.3, 0.4) is 0 Å². The average Bonchev–Trinajstić information content (AvgIpc) is 2.39. The maximum absolute atomic E-state index is 10.4. The zero-order valence-corrected chi connectivity index (χ0v) is 13.0. The molecule has 0 saturated carbocycles. The van der Waals surface area contributed by atoms with E-state index in [1.807, 2.05) is 0 Å². The van der Waals surface area contributed by atoms with Gasteiger partial charge in [-0.2, -0.15) is 25.3 Å². The molecule has 0 spiro atoms. The molecule has 0 N–H and O–H groups in total. The van der Waals surface area contributed by atoms with Gasteiger partial charge in [-0.25, -0.2) is 0 Å². The third kappa shape index (κ3) is 18.0. The molecule has 0 atom stereocenters. The first kappa shape index (κ1) is 20.0. The van der Waals surface area contributed by atoms with Crippen molar-refractivity contribution in [3.05, 3.63) is 0 Å². The smallest absolute Gasteiger partial charge is 0.315 e. The predicted molar refractivity (Wildman–Crippen MR) is 79.4 cm³/mol. The fourth-order valence-electron chi connectivity index (χ4n) is 0.752. The Bertz CT molecular complexity index is 188. The van der Waals surface area contributed by atoms with Gasteiger partial charge in [-0.1, -0.05) is 26.7 Å². The van der Waals surface area contributed by atoms with Gasteiger partial charge in [0.25, 0.3) is 0 Å². The van der Waals surface area contributed by atoms with Crippen LogP contribution in [0.25, 0.3) is 0 Å². The van der Waals surface area contributed by atoms with Gasteiger partial charge >= 0.3 is 11.9 Å². The molecule has 0 aromatic carbocycles. The number of carbonyl (C=O) groups is 2. The number of ether oxygens (including phenoxy) is 2. The number of rotatable bonds is 8. The molecule has 0 radical (unpaired) electrons. The quantitative estimate of drug-likeness (QED) is 0.410. The second-order valence-electron chi connectivity index (χ2n) is 3.46. The molecule has 0 saturated heterocycles. The van der Waals surface area contributed by atoms with E-state index in [2.05, 4.69) is 39.1 Å². The van der Waals surface area contributed by atoms with Gasteiger partial charge in [0.2, 0.25) is 0 Å². The fraction of sp³-hybridized carbons (Fsp3) is 0.833. The molecule has 0 aromatic heterocycles. The lowest BCUT2D eigenvalue weighted by molar-refractivity contribution is -0.141. The highest BCUT2D eigenvalue weighted by Gasteiger charge is 1.95. The highest BCUT2D eigenvalue weighted by atomic mass is 32.1. The average molecular weight is 296 g/mol. The normalized spacial score (nSPS) is 9.11. The third-order valence-corrected chi connectivity index (χ3v) is 2.30. The van der Waals surface area contributed by atoms with Crippen LogP contribution in [0.15, 0.2) is 0 Å². The zero-order valence-electron chi connectivity index (χ0n) is 11.2. The second kappa shape index (κ2) is 16.6. The first-order valence-corrected chi connectivity index (χ1v) is 7.41. The Labute approximate surface area is 121 Å². The summed E-state index contributed by atoms with van der Waals surface area (Å²) < 4.78 is 9.43. The van der Waals surface area contributed by atoms with E-state index in [-0.39, 0.29) is 23.4 Å². The van der Waals surface area contributed by atoms with Gasteiger partial charge in [-0.15, -0.1) is 0 Å². The van der Waals surface area contributed by atoms with Gasteiger partial charge in [0.15, 0.2) is 0 Å². The maximum Gasteiger partial charge on any atom is 0.315 e. The molecule has 0 heterocycles. The van der Waals surface area contributed by atoms with Crippen molar-refractivity contribution in [2.45, 2.75) is 39.5 Å². The SMILES string of the molecule is CCCCOC(=O)CS.CCCCOC(=O)CS. The number of unbranched alkanes of at least 4 members (excludes halogenated alkanes) is 2. The molecule has 0 aromatic rings. The van der Waals surface area contributed by atoms with Crippen molar-refractivity contribution in [2.24, 2.45) is 0 Å². The van der Waals surface area contributed by atoms with Gasteiger partial charge in [-0.3, -0.25) is 9.59 Å². The Morgan fingerprint density at radius 1 is 0.833 bits per heavy atom. The molecule has 18 heavy (non-hydrogen) atoms. The third-order valence-electron chi connectivity index (χ3n) is 1.78. The van der Waals surface area contributed by atoms with Gasteiger partial charge in [0, 0.05) is 0 Å². The van der Waals surface area contributed by atoms with E-state index in [4.69, 9.17) is 9.47 Å². The fourth-order valence-corrected chi connectivity index (χ4v) is 0.935. The molecule has 0 rings (SSSR count). The molecule has 0 aliphatic rings. The molecule has 0 unspecified atom stereocenters. The van der Waals surface area contributed by atoms with Gasteiger partial charge in [-0.05, 0) is 12.8 Å². The molecule has 0 amide bonds. The van der Waals surface area contributed by atoms with E-state index in [0.717, 1.165) is 25.7 Å². The molecule has 0 aliphatic heterocycles. The van der Waals surface area contributed by atoms with Crippen molar-refractivity contribution in [3.8, 4) is 0 Å². The molecule has 0 bridgehead atoms. The first-order valence-electron chi connectivity index (χ1n) is 6.15. The van der Waals surface area contributed by atoms with Crippen molar-refractivity contribution >= 4 is 37.2 Å². The summed E-state index contributed by atoms with van der Waals surface area (Å²) in [6.07, 6.45) is 4.00. The van der Waals surface area contributed by atoms with E-state index >= 15 is 0 Å². The molecular formula is C12H24O4S2. The molecule has 0 fully saturated rings. The molecule has 0 aliphatic carbocycles. The van der Waals surface area contributed by atoms with E-state index in [1.54, 1.807) is 0 Å². The van der Waals surface area contributed by atoms with Crippen molar-refractivity contribution in [1.82, 2.24) is 0 Å². The minimum Gasteiger partial charge on any atom is -0.465 e. The predicted octanol–water partition coefficient (Wildman–Crippen LogP) is 2.52. The van der Waals surface area contributed by atoms with E-state index in [9.17, 15) is 9.59 Å². The van der Waals surface area contributed by atoms with Gasteiger partial charge in [0.05, 0.1) is 24.7 Å². The summed E-state index contributed by atoms with van der Waals surface area (Å²) >= 11 is 7.49. The van der Waals surface area contributed by atoms with Crippen molar-refractivity contribution in [2.75, 3.05) is 24.7 Å². The summed E-state index contributed by atoms with van der Waals surface area (Å²) in [4.78, 5) is 20.8. The number of esters is 2. The molecule has 108 valence electrons. The van der Waals surface area contributed by atoms with Crippen LogP contribution in [-0.2, 0) is 19.1 Å². The molecule has 6 heteroatoms. The Balaban J connectivity index is 0. The monoisotopic (exact) mass is 296 g/mol. The Hall–Kier alpha value is -0.360. The Morgan fingerprint density at radius 2 is 1.17 bits per heavy atom. The minimum atomic E-state index is -0.230. The molecular weight excluding hydrogens is 272 g/mol. The maximum atomic E-state index is 10.4. The van der Waals surface area contributed by atoms with Crippen LogP contribution in [0.5, 0.6) is 0 Å². The Morgan fingerprint density at radius 3 is 1.39 bits per heavy atom. The summed E-state index contributed by atoms with van der Waals surface area (Å²) in [5.41, 5.74) is 0. The standard InChI is InChI=1S/2C6H12O2S/c2*1-2-3-4-8-6(7)5-9/h2*9H,2-5H2,1H3. The van der Waals surface area contributed by atoms with Crippen LogP contribution in [-0.4, -0.2) is 36.7 Å². The van der Waals surface area contributed by atoms with Crippen molar-refractivity contribution < 1.29 is 19.1 Å². The first-order chi connectivity index (χ1) is 8.62. The van der Waals surface area contributed by atoms with Crippen LogP contribution in [0.2, 0.25) is 0 Å². The highest BCUT2D eigenvalue weighted by Crippen LogP contribution is 1.89. The number of carbonyl (C=O) groups excluding carboxylic acids is 2. The summed E-state index contributed by atoms with van der Waals surface area (Å²) in [5.74, 6) is -0.0912. The van der Waals surface area contributed by atoms with E-state index in [0.29, 0.717) is 13.2 Å². The Kier molecular flexibility index (Phi) is 18.5. The minimum absolute atomic E-state index is 0.184. The number of thiol groups is 2. The number of hydrogen-bond acceptors (Lipinski definition) is 6. The summed E-state index contributed by atoms with van der Waals surface area (Å²) in [6, 6.07) is 0.